The molecule has 0 saturated heterocycles. The number of Topliss-reactive ketones (excluding diaryl/α,β-unsaturated/α-hetero) is 2. The fourth-order valence-electron chi connectivity index (χ4n) is 5.18. The lowest BCUT2D eigenvalue weighted by Gasteiger charge is -2.27. The van der Waals surface area contributed by atoms with Gasteiger partial charge in [-0.05, 0) is 40.2 Å². The minimum Gasteiger partial charge on any atom is -0.507 e. The number of carbonyl (C=O) groups is 2. The summed E-state index contributed by atoms with van der Waals surface area (Å²) in [4.78, 5) is 37.4. The van der Waals surface area contributed by atoms with Crippen LogP contribution in [-0.2, 0) is 11.8 Å². The fourth-order valence-corrected chi connectivity index (χ4v) is 6.11. The monoisotopic (exact) mass is 502 g/mol. The second-order valence-corrected chi connectivity index (χ2v) is 10.4. The van der Waals surface area contributed by atoms with Crippen LogP contribution in [0.5, 0.6) is 17.2 Å². The number of aromatic hydroxyl groups is 2. The van der Waals surface area contributed by atoms with Crippen LogP contribution in [0, 0.1) is 13.8 Å². The number of rotatable bonds is 3. The molecule has 1 aliphatic carbocycles. The van der Waals surface area contributed by atoms with Gasteiger partial charge in [0.05, 0.1) is 27.9 Å². The highest BCUT2D eigenvalue weighted by Crippen LogP contribution is 2.58. The Morgan fingerprint density at radius 3 is 2.67 bits per heavy atom. The SMILES string of the molecule is CCc1cc2c(-n3nc(C)c4c3C=C3Oc5c(C(C)=O)c(O)c(C)c(O)c5[C@@]3(C)C4=O)ncnc2s1. The Morgan fingerprint density at radius 1 is 1.22 bits per heavy atom. The molecule has 36 heavy (non-hydrogen) atoms. The van der Waals surface area contributed by atoms with Crippen molar-refractivity contribution < 1.29 is 24.5 Å². The molecule has 4 aromatic rings. The van der Waals surface area contributed by atoms with E-state index in [2.05, 4.69) is 22.0 Å². The third-order valence-corrected chi connectivity index (χ3v) is 8.34. The first-order valence-corrected chi connectivity index (χ1v) is 12.3. The van der Waals surface area contributed by atoms with Crippen LogP contribution in [0.3, 0.4) is 0 Å². The number of aryl methyl sites for hydroxylation is 2. The third-order valence-electron chi connectivity index (χ3n) is 7.15. The van der Waals surface area contributed by atoms with Crippen LogP contribution in [0.15, 0.2) is 18.2 Å². The first-order valence-electron chi connectivity index (χ1n) is 11.5. The van der Waals surface area contributed by atoms with E-state index in [1.54, 1.807) is 35.9 Å². The summed E-state index contributed by atoms with van der Waals surface area (Å²) in [6, 6.07) is 2.03. The molecule has 2 N–H and O–H groups in total. The van der Waals surface area contributed by atoms with Crippen LogP contribution in [0.2, 0.25) is 0 Å². The Morgan fingerprint density at radius 2 is 1.97 bits per heavy atom. The number of carbonyl (C=O) groups excluding carboxylic acids is 2. The van der Waals surface area contributed by atoms with E-state index in [1.807, 2.05) is 6.07 Å². The Hall–Kier alpha value is -4.05. The summed E-state index contributed by atoms with van der Waals surface area (Å²) in [6.45, 7) is 8.27. The maximum atomic E-state index is 14.1. The summed E-state index contributed by atoms with van der Waals surface area (Å²) >= 11 is 1.58. The van der Waals surface area contributed by atoms with E-state index in [-0.39, 0.29) is 45.5 Å². The predicted molar refractivity (Wildman–Crippen MR) is 133 cm³/mol. The van der Waals surface area contributed by atoms with Gasteiger partial charge in [0.2, 0.25) is 0 Å². The lowest BCUT2D eigenvalue weighted by atomic mass is 9.71. The molecular weight excluding hydrogens is 480 g/mol. The van der Waals surface area contributed by atoms with Crippen molar-refractivity contribution in [2.24, 2.45) is 0 Å². The summed E-state index contributed by atoms with van der Waals surface area (Å²) in [5.74, 6) is -0.604. The Kier molecular flexibility index (Phi) is 4.50. The topological polar surface area (TPSA) is 127 Å². The first-order chi connectivity index (χ1) is 17.1. The molecule has 0 fully saturated rings. The van der Waals surface area contributed by atoms with Crippen LogP contribution in [0.4, 0.5) is 0 Å². The molecule has 0 unspecified atom stereocenters. The molecule has 0 saturated carbocycles. The number of phenolic OH excluding ortho intramolecular Hbond substituents is 2. The molecule has 10 heteroatoms. The van der Waals surface area contributed by atoms with Gasteiger partial charge in [0, 0.05) is 16.5 Å². The summed E-state index contributed by atoms with van der Waals surface area (Å²) in [5.41, 5.74) is 0.202. The number of nitrogens with zero attached hydrogens (tertiary/aromatic N) is 4. The molecule has 2 aliphatic rings. The largest absolute Gasteiger partial charge is 0.507 e. The average molecular weight is 503 g/mol. The molecule has 0 radical (unpaired) electrons. The maximum absolute atomic E-state index is 14.1. The Balaban J connectivity index is 1.63. The van der Waals surface area contributed by atoms with Gasteiger partial charge in [-0.3, -0.25) is 9.59 Å². The molecule has 1 aromatic carbocycles. The molecule has 1 atom stereocenters. The van der Waals surface area contributed by atoms with E-state index in [9.17, 15) is 19.8 Å². The normalized spacial score (nSPS) is 18.0. The van der Waals surface area contributed by atoms with E-state index in [4.69, 9.17) is 4.74 Å². The van der Waals surface area contributed by atoms with Crippen molar-refractivity contribution in [3.63, 3.8) is 0 Å². The van der Waals surface area contributed by atoms with Gasteiger partial charge in [0.1, 0.15) is 45.1 Å². The number of ketones is 2. The number of phenols is 2. The number of hydrogen-bond acceptors (Lipinski definition) is 9. The number of thiophene rings is 1. The second kappa shape index (κ2) is 7.23. The fraction of sp³-hybridized carbons (Fsp3) is 0.269. The number of ether oxygens (including phenoxy) is 1. The Labute approximate surface area is 209 Å². The molecule has 3 aromatic heterocycles. The van der Waals surface area contributed by atoms with E-state index in [0.717, 1.165) is 21.5 Å². The highest BCUT2D eigenvalue weighted by atomic mass is 32.1. The summed E-state index contributed by atoms with van der Waals surface area (Å²) in [6.07, 6.45) is 4.04. The van der Waals surface area contributed by atoms with Crippen LogP contribution in [0.25, 0.3) is 22.1 Å². The van der Waals surface area contributed by atoms with Crippen LogP contribution in [-0.4, -0.2) is 41.5 Å². The first kappa shape index (κ1) is 22.4. The number of aromatic nitrogens is 4. The van der Waals surface area contributed by atoms with Crippen molar-refractivity contribution in [1.29, 1.82) is 0 Å². The summed E-state index contributed by atoms with van der Waals surface area (Å²) < 4.78 is 7.70. The van der Waals surface area contributed by atoms with Gasteiger partial charge in [0.15, 0.2) is 17.4 Å². The highest BCUT2D eigenvalue weighted by Gasteiger charge is 2.55. The third kappa shape index (κ3) is 2.62. The molecule has 0 spiro atoms. The molecular formula is C26H22N4O5S. The zero-order chi connectivity index (χ0) is 25.7. The quantitative estimate of drug-likeness (QED) is 0.391. The Bertz CT molecular complexity index is 1710. The standard InChI is InChI=1S/C26H22N4O5S/c1-6-13-7-14-24(27-9-28-25(14)36-13)30-15-8-16-26(5,23(34)17(15)11(3)29-30)19-21(33)10(2)20(32)18(12(4)31)22(19)35-16/h7-9,32-33H,6H2,1-5H3/t26-/m0/s1. The minimum absolute atomic E-state index is 0.00219. The molecule has 0 bridgehead atoms. The predicted octanol–water partition coefficient (Wildman–Crippen LogP) is 4.56. The van der Waals surface area contributed by atoms with Crippen LogP contribution in [0.1, 0.15) is 68.9 Å². The molecule has 9 nitrogen and oxygen atoms in total. The van der Waals surface area contributed by atoms with Crippen molar-refractivity contribution in [2.45, 2.75) is 46.5 Å². The van der Waals surface area contributed by atoms with E-state index >= 15 is 0 Å². The van der Waals surface area contributed by atoms with Gasteiger partial charge < -0.3 is 14.9 Å². The van der Waals surface area contributed by atoms with E-state index in [0.29, 0.717) is 22.8 Å². The van der Waals surface area contributed by atoms with E-state index in [1.165, 1.54) is 20.2 Å². The summed E-state index contributed by atoms with van der Waals surface area (Å²) in [7, 11) is 0. The van der Waals surface area contributed by atoms with Crippen molar-refractivity contribution in [3.8, 4) is 23.1 Å². The van der Waals surface area contributed by atoms with Gasteiger partial charge >= 0.3 is 0 Å². The number of hydrogen-bond donors (Lipinski definition) is 2. The van der Waals surface area contributed by atoms with Crippen molar-refractivity contribution >= 4 is 39.2 Å². The van der Waals surface area contributed by atoms with Gasteiger partial charge in [-0.25, -0.2) is 14.6 Å². The van der Waals surface area contributed by atoms with Crippen molar-refractivity contribution in [1.82, 2.24) is 19.7 Å². The molecule has 4 heterocycles. The van der Waals surface area contributed by atoms with Gasteiger partial charge in [-0.15, -0.1) is 11.3 Å². The van der Waals surface area contributed by atoms with Crippen LogP contribution >= 0.6 is 11.3 Å². The zero-order valence-corrected chi connectivity index (χ0v) is 21.1. The van der Waals surface area contributed by atoms with Crippen molar-refractivity contribution in [2.75, 3.05) is 0 Å². The molecule has 182 valence electrons. The number of allylic oxidation sites excluding steroid dienone is 1. The number of fused-ring (bicyclic) bond motifs is 5. The van der Waals surface area contributed by atoms with Crippen molar-refractivity contribution in [3.05, 3.63) is 56.7 Å². The zero-order valence-electron chi connectivity index (χ0n) is 20.3. The number of benzene rings is 1. The molecule has 0 amide bonds. The highest BCUT2D eigenvalue weighted by molar-refractivity contribution is 7.18. The molecule has 1 aliphatic heterocycles. The smallest absolute Gasteiger partial charge is 0.185 e. The van der Waals surface area contributed by atoms with Gasteiger partial charge in [-0.2, -0.15) is 5.10 Å². The van der Waals surface area contributed by atoms with Gasteiger partial charge in [0.25, 0.3) is 0 Å². The second-order valence-electron chi connectivity index (χ2n) is 9.26. The van der Waals surface area contributed by atoms with Gasteiger partial charge in [-0.1, -0.05) is 6.92 Å². The molecule has 6 rings (SSSR count). The van der Waals surface area contributed by atoms with E-state index < -0.39 is 11.2 Å². The van der Waals surface area contributed by atoms with Crippen LogP contribution < -0.4 is 4.74 Å². The lowest BCUT2D eigenvalue weighted by Crippen LogP contribution is -2.36. The summed E-state index contributed by atoms with van der Waals surface area (Å²) in [5, 5.41) is 27.1. The average Bonchev–Trinajstić information content (AvgIpc) is 3.49. The maximum Gasteiger partial charge on any atom is 0.185 e. The minimum atomic E-state index is -1.40. The lowest BCUT2D eigenvalue weighted by molar-refractivity contribution is 0.0905.